The number of hydrogen-bond acceptors (Lipinski definition) is 4. The van der Waals surface area contributed by atoms with Crippen molar-refractivity contribution < 1.29 is 14.3 Å². The number of ether oxygens (including phenoxy) is 1. The second-order valence-electron chi connectivity index (χ2n) is 6.10. The van der Waals surface area contributed by atoms with E-state index < -0.39 is 0 Å². The van der Waals surface area contributed by atoms with E-state index >= 15 is 0 Å². The van der Waals surface area contributed by atoms with E-state index in [4.69, 9.17) is 4.74 Å². The van der Waals surface area contributed by atoms with Crippen LogP contribution in [0, 0.1) is 0 Å². The Bertz CT molecular complexity index is 915. The lowest BCUT2D eigenvalue weighted by Crippen LogP contribution is -2.36. The molecular weight excluding hydrogens is 354 g/mol. The molecule has 0 spiro atoms. The zero-order chi connectivity index (χ0) is 19.6. The molecule has 2 amide bonds. The molecule has 1 aromatic heterocycles. The fourth-order valence-corrected chi connectivity index (χ4v) is 2.49. The summed E-state index contributed by atoms with van der Waals surface area (Å²) >= 11 is 0. The molecule has 0 atom stereocenters. The molecule has 142 valence electrons. The van der Waals surface area contributed by atoms with Crippen molar-refractivity contribution in [3.63, 3.8) is 0 Å². The standard InChI is InChI=1S/C22H21N3O3/c26-20(15-25-22(27)19-9-5-2-6-10-19)24-14-18-11-12-23-21(13-18)28-16-17-7-3-1-4-8-17/h1-13H,14-16H2,(H,24,26)(H,25,27). The Labute approximate surface area is 163 Å². The topological polar surface area (TPSA) is 80.3 Å². The molecule has 0 aliphatic carbocycles. The van der Waals surface area contributed by atoms with Gasteiger partial charge in [0.15, 0.2) is 0 Å². The monoisotopic (exact) mass is 375 g/mol. The van der Waals surface area contributed by atoms with Crippen molar-refractivity contribution in [2.45, 2.75) is 13.2 Å². The van der Waals surface area contributed by atoms with Crippen LogP contribution in [0.5, 0.6) is 5.88 Å². The summed E-state index contributed by atoms with van der Waals surface area (Å²) in [6, 6.07) is 22.2. The van der Waals surface area contributed by atoms with E-state index in [9.17, 15) is 9.59 Å². The van der Waals surface area contributed by atoms with Crippen LogP contribution in [0.1, 0.15) is 21.5 Å². The molecule has 3 rings (SSSR count). The third-order valence-corrected chi connectivity index (χ3v) is 3.96. The fourth-order valence-electron chi connectivity index (χ4n) is 2.49. The number of carbonyl (C=O) groups excluding carboxylic acids is 2. The molecule has 2 aromatic carbocycles. The number of amides is 2. The van der Waals surface area contributed by atoms with Gasteiger partial charge in [-0.05, 0) is 29.3 Å². The summed E-state index contributed by atoms with van der Waals surface area (Å²) in [5.41, 5.74) is 2.43. The number of benzene rings is 2. The minimum absolute atomic E-state index is 0.0871. The number of nitrogens with one attached hydrogen (secondary N) is 2. The van der Waals surface area contributed by atoms with Crippen LogP contribution in [0.15, 0.2) is 79.0 Å². The van der Waals surface area contributed by atoms with Gasteiger partial charge < -0.3 is 15.4 Å². The highest BCUT2D eigenvalue weighted by Crippen LogP contribution is 2.11. The first-order valence-electron chi connectivity index (χ1n) is 8.92. The summed E-state index contributed by atoms with van der Waals surface area (Å²) in [6.45, 7) is 0.662. The molecule has 0 saturated carbocycles. The highest BCUT2D eigenvalue weighted by molar-refractivity contribution is 5.96. The Kier molecular flexibility index (Phi) is 6.73. The molecule has 3 aromatic rings. The van der Waals surface area contributed by atoms with Gasteiger partial charge in [-0.1, -0.05) is 48.5 Å². The SMILES string of the molecule is O=C(CNC(=O)c1ccccc1)NCc1ccnc(OCc2ccccc2)c1. The van der Waals surface area contributed by atoms with E-state index in [1.165, 1.54) is 0 Å². The molecule has 6 heteroatoms. The molecule has 0 bridgehead atoms. The van der Waals surface area contributed by atoms with Crippen molar-refractivity contribution >= 4 is 11.8 Å². The quantitative estimate of drug-likeness (QED) is 0.634. The van der Waals surface area contributed by atoms with Crippen LogP contribution in [-0.2, 0) is 17.9 Å². The van der Waals surface area contributed by atoms with Gasteiger partial charge >= 0.3 is 0 Å². The lowest BCUT2D eigenvalue weighted by Gasteiger charge is -2.09. The van der Waals surface area contributed by atoms with Gasteiger partial charge in [-0.15, -0.1) is 0 Å². The lowest BCUT2D eigenvalue weighted by molar-refractivity contribution is -0.120. The van der Waals surface area contributed by atoms with Crippen molar-refractivity contribution in [3.8, 4) is 5.88 Å². The maximum absolute atomic E-state index is 12.0. The van der Waals surface area contributed by atoms with Crippen molar-refractivity contribution in [1.82, 2.24) is 15.6 Å². The number of aromatic nitrogens is 1. The van der Waals surface area contributed by atoms with Crippen molar-refractivity contribution in [3.05, 3.63) is 95.7 Å². The fraction of sp³-hybridized carbons (Fsp3) is 0.136. The largest absolute Gasteiger partial charge is 0.473 e. The second kappa shape index (κ2) is 9.87. The molecule has 28 heavy (non-hydrogen) atoms. The average molecular weight is 375 g/mol. The molecule has 6 nitrogen and oxygen atoms in total. The summed E-state index contributed by atoms with van der Waals surface area (Å²) in [5, 5.41) is 5.37. The van der Waals surface area contributed by atoms with Crippen molar-refractivity contribution in [1.29, 1.82) is 0 Å². The summed E-state index contributed by atoms with van der Waals surface area (Å²) in [6.07, 6.45) is 1.64. The summed E-state index contributed by atoms with van der Waals surface area (Å²) in [4.78, 5) is 28.1. The van der Waals surface area contributed by atoms with Gasteiger partial charge in [0.25, 0.3) is 5.91 Å². The van der Waals surface area contributed by atoms with Gasteiger partial charge in [-0.2, -0.15) is 0 Å². The van der Waals surface area contributed by atoms with Gasteiger partial charge in [0, 0.05) is 24.4 Å². The second-order valence-corrected chi connectivity index (χ2v) is 6.10. The molecule has 0 radical (unpaired) electrons. The maximum atomic E-state index is 12.0. The van der Waals surface area contributed by atoms with Crippen LogP contribution >= 0.6 is 0 Å². The number of nitrogens with zero attached hydrogens (tertiary/aromatic N) is 1. The van der Waals surface area contributed by atoms with Crippen LogP contribution < -0.4 is 15.4 Å². The Morgan fingerprint density at radius 1 is 0.857 bits per heavy atom. The van der Waals surface area contributed by atoms with E-state index in [2.05, 4.69) is 15.6 Å². The molecule has 0 aliphatic rings. The summed E-state index contributed by atoms with van der Waals surface area (Å²) in [7, 11) is 0. The lowest BCUT2D eigenvalue weighted by atomic mass is 10.2. The van der Waals surface area contributed by atoms with Gasteiger partial charge in [0.2, 0.25) is 11.8 Å². The Hall–Kier alpha value is -3.67. The molecule has 2 N–H and O–H groups in total. The summed E-state index contributed by atoms with van der Waals surface area (Å²) < 4.78 is 5.69. The molecule has 0 unspecified atom stereocenters. The van der Waals surface area contributed by atoms with Crippen LogP contribution in [0.2, 0.25) is 0 Å². The first-order valence-corrected chi connectivity index (χ1v) is 8.92. The van der Waals surface area contributed by atoms with Gasteiger partial charge in [0.1, 0.15) is 6.61 Å². The van der Waals surface area contributed by atoms with Gasteiger partial charge in [-0.25, -0.2) is 4.98 Å². The predicted molar refractivity (Wildman–Crippen MR) is 106 cm³/mol. The number of carbonyl (C=O) groups is 2. The van der Waals surface area contributed by atoms with Crippen LogP contribution in [0.3, 0.4) is 0 Å². The minimum Gasteiger partial charge on any atom is -0.473 e. The van der Waals surface area contributed by atoms with Crippen molar-refractivity contribution in [2.24, 2.45) is 0 Å². The normalized spacial score (nSPS) is 10.1. The van der Waals surface area contributed by atoms with Crippen molar-refractivity contribution in [2.75, 3.05) is 6.54 Å². The highest BCUT2D eigenvalue weighted by atomic mass is 16.5. The van der Waals surface area contributed by atoms with E-state index in [-0.39, 0.29) is 18.4 Å². The zero-order valence-corrected chi connectivity index (χ0v) is 15.3. The Morgan fingerprint density at radius 2 is 1.57 bits per heavy atom. The third kappa shape index (κ3) is 5.95. The smallest absolute Gasteiger partial charge is 0.251 e. The molecular formula is C22H21N3O3. The first-order chi connectivity index (χ1) is 13.7. The molecule has 1 heterocycles. The van der Waals surface area contributed by atoms with Gasteiger partial charge in [0.05, 0.1) is 6.54 Å². The first kappa shape index (κ1) is 19.1. The Morgan fingerprint density at radius 3 is 2.32 bits per heavy atom. The molecule has 0 aliphatic heterocycles. The van der Waals surface area contributed by atoms with E-state index in [1.807, 2.05) is 36.4 Å². The summed E-state index contributed by atoms with van der Waals surface area (Å²) in [5.74, 6) is -0.0583. The maximum Gasteiger partial charge on any atom is 0.251 e. The third-order valence-electron chi connectivity index (χ3n) is 3.96. The van der Waals surface area contributed by atoms with Crippen LogP contribution in [0.25, 0.3) is 0 Å². The number of pyridine rings is 1. The number of hydrogen-bond donors (Lipinski definition) is 2. The minimum atomic E-state index is -0.281. The number of rotatable bonds is 8. The molecule has 0 saturated heterocycles. The average Bonchev–Trinajstić information content (AvgIpc) is 2.76. The van der Waals surface area contributed by atoms with E-state index in [0.717, 1.165) is 11.1 Å². The Balaban J connectivity index is 1.44. The molecule has 0 fully saturated rings. The predicted octanol–water partition coefficient (Wildman–Crippen LogP) is 2.71. The van der Waals surface area contributed by atoms with E-state index in [1.54, 1.807) is 42.6 Å². The van der Waals surface area contributed by atoms with Crippen LogP contribution in [0.4, 0.5) is 0 Å². The van der Waals surface area contributed by atoms with Gasteiger partial charge in [-0.3, -0.25) is 9.59 Å². The van der Waals surface area contributed by atoms with E-state index in [0.29, 0.717) is 24.6 Å². The zero-order valence-electron chi connectivity index (χ0n) is 15.3. The highest BCUT2D eigenvalue weighted by Gasteiger charge is 2.07. The van der Waals surface area contributed by atoms with Crippen LogP contribution in [-0.4, -0.2) is 23.3 Å².